The summed E-state index contributed by atoms with van der Waals surface area (Å²) >= 11 is 0. The Morgan fingerprint density at radius 2 is 0.973 bits per heavy atom. The number of hydrogen-bond acceptors (Lipinski definition) is 27. The highest BCUT2D eigenvalue weighted by Gasteiger charge is 2.36. The number of aromatic amines is 2. The molecule has 6 aromatic rings. The normalized spacial score (nSPS) is 12.4. The van der Waals surface area contributed by atoms with Crippen LogP contribution in [0.2, 0.25) is 0 Å². The second-order valence-electron chi connectivity index (χ2n) is 26.9. The number of tetrazole rings is 2. The summed E-state index contributed by atoms with van der Waals surface area (Å²) in [6.45, 7) is 12.9. The van der Waals surface area contributed by atoms with Crippen LogP contribution in [0.3, 0.4) is 0 Å². The fourth-order valence-electron chi connectivity index (χ4n) is 12.3. The molecule has 2 heterocycles. The van der Waals surface area contributed by atoms with Crippen LogP contribution >= 0.6 is 0 Å². The summed E-state index contributed by atoms with van der Waals surface area (Å²) in [5.41, 5.74) is 6.90. The summed E-state index contributed by atoms with van der Waals surface area (Å²) in [7, 11) is 0. The predicted molar refractivity (Wildman–Crippen MR) is 396 cm³/mol. The van der Waals surface area contributed by atoms with Gasteiger partial charge < -0.3 is 43.9 Å². The Labute approximate surface area is 636 Å². The molecule has 3 amide bonds. The van der Waals surface area contributed by atoms with Gasteiger partial charge in [0.05, 0.1) is 44.2 Å². The number of benzene rings is 4. The lowest BCUT2D eigenvalue weighted by Crippen LogP contribution is -2.48. The number of amides is 3. The number of Topliss-reactive ketones (excluding diaryl/α,β-unsaturated/α-hetero) is 2. The topological polar surface area (TPSA) is 475 Å². The van der Waals surface area contributed by atoms with E-state index in [2.05, 4.69) is 65.9 Å². The van der Waals surface area contributed by atoms with Crippen molar-refractivity contribution in [3.8, 4) is 45.0 Å². The smallest absolute Gasteiger partial charge is 0.309 e. The summed E-state index contributed by atoms with van der Waals surface area (Å²) in [4.78, 5) is 156. The van der Waals surface area contributed by atoms with Gasteiger partial charge in [0.25, 0.3) is 20.3 Å². The molecule has 5 unspecified atom stereocenters. The van der Waals surface area contributed by atoms with Gasteiger partial charge in [-0.3, -0.25) is 33.6 Å². The number of hydrogen-bond donors (Lipinski definition) is 3. The Morgan fingerprint density at radius 3 is 1.45 bits per heavy atom. The number of nitrogens with zero attached hydrogens (tertiary/aromatic N) is 12. The SMILES string of the molecule is CCCCC(=O)N(Cc1ccc(-c2ccccc2-c2nn[nH]n2)cc1)C(C(=O)CC(CCCCNC(=O)CCCO[N+](=O)[O-])C(=O)OCCCCC(CO[N+](=O)[O-])O[N+](=O)[O-])C(C)C.CCCCC(=O)N(Cc1ccc(-c2ccccc2-c2nn[nH]n2)cc1)C(C(=O)CCC(=O)OCCCCC(C)O[N+](=O)[O-])C(C)C. The molecule has 3 N–H and O–H groups in total. The lowest BCUT2D eigenvalue weighted by Gasteiger charge is -2.34. The fraction of sp³-hybridized carbons (Fsp3) is 0.554. The highest BCUT2D eigenvalue weighted by atomic mass is 17.0. The summed E-state index contributed by atoms with van der Waals surface area (Å²) < 4.78 is 10.9. The maximum absolute atomic E-state index is 14.4. The van der Waals surface area contributed by atoms with Gasteiger partial charge in [-0.15, -0.1) is 60.9 Å². The average Bonchev–Trinajstić information content (AvgIpc) is 1.18. The zero-order chi connectivity index (χ0) is 80.3. The molecule has 598 valence electrons. The van der Waals surface area contributed by atoms with Crippen LogP contribution in [0, 0.1) is 58.2 Å². The van der Waals surface area contributed by atoms with Crippen molar-refractivity contribution in [2.75, 3.05) is 33.0 Å². The average molecular weight is 1540 g/mol. The van der Waals surface area contributed by atoms with Crippen molar-refractivity contribution in [3.05, 3.63) is 149 Å². The number of carbonyl (C=O) groups is 7. The number of nitrogens with one attached hydrogen (secondary N) is 3. The Bertz CT molecular complexity index is 3850. The molecule has 0 fully saturated rings. The van der Waals surface area contributed by atoms with Crippen molar-refractivity contribution in [3.63, 3.8) is 0 Å². The van der Waals surface area contributed by atoms with Crippen LogP contribution in [-0.2, 0) is 75.5 Å². The Morgan fingerprint density at radius 1 is 0.491 bits per heavy atom. The van der Waals surface area contributed by atoms with Crippen LogP contribution in [0.25, 0.3) is 45.0 Å². The third kappa shape index (κ3) is 32.1. The van der Waals surface area contributed by atoms with Gasteiger partial charge in [-0.1, -0.05) is 158 Å². The minimum absolute atomic E-state index is 0.00297. The lowest BCUT2D eigenvalue weighted by atomic mass is 9.88. The van der Waals surface area contributed by atoms with Crippen molar-refractivity contribution < 1.29 is 82.7 Å². The van der Waals surface area contributed by atoms with Gasteiger partial charge in [-0.05, 0) is 133 Å². The number of unbranched alkanes of at least 4 members (excludes halogenated alkanes) is 5. The van der Waals surface area contributed by atoms with Crippen molar-refractivity contribution in [2.24, 2.45) is 17.8 Å². The third-order valence-corrected chi connectivity index (χ3v) is 17.7. The van der Waals surface area contributed by atoms with E-state index < -0.39 is 69.1 Å². The number of H-pyrrole nitrogens is 2. The summed E-state index contributed by atoms with van der Waals surface area (Å²) in [6, 6.07) is 29.2. The van der Waals surface area contributed by atoms with Gasteiger partial charge in [0, 0.05) is 62.9 Å². The van der Waals surface area contributed by atoms with Crippen LogP contribution in [0.15, 0.2) is 97.1 Å². The molecule has 110 heavy (non-hydrogen) atoms. The first kappa shape index (κ1) is 89.1. The first-order valence-electron chi connectivity index (χ1n) is 37.0. The molecule has 0 bridgehead atoms. The van der Waals surface area contributed by atoms with Gasteiger partial charge in [-0.2, -0.15) is 10.4 Å². The third-order valence-electron chi connectivity index (χ3n) is 17.7. The van der Waals surface area contributed by atoms with Crippen LogP contribution < -0.4 is 5.32 Å². The van der Waals surface area contributed by atoms with E-state index in [0.29, 0.717) is 63.0 Å². The number of carbonyl (C=O) groups excluding carboxylic acids is 7. The van der Waals surface area contributed by atoms with E-state index in [9.17, 15) is 74.0 Å². The predicted octanol–water partition coefficient (Wildman–Crippen LogP) is 11.2. The molecule has 0 saturated carbocycles. The van der Waals surface area contributed by atoms with Crippen molar-refractivity contribution >= 4 is 41.2 Å². The first-order valence-corrected chi connectivity index (χ1v) is 37.0. The molecule has 0 aliphatic heterocycles. The highest BCUT2D eigenvalue weighted by Crippen LogP contribution is 2.33. The van der Waals surface area contributed by atoms with Crippen molar-refractivity contribution in [1.82, 2.24) is 56.4 Å². The van der Waals surface area contributed by atoms with Gasteiger partial charge in [0.15, 0.2) is 11.6 Å². The quantitative estimate of drug-likeness (QED) is 0.0138. The number of ketones is 2. The molecule has 0 aliphatic carbocycles. The molecular weight excluding hydrogens is 1430 g/mol. The highest BCUT2D eigenvalue weighted by molar-refractivity contribution is 5.93. The summed E-state index contributed by atoms with van der Waals surface area (Å²) in [5.74, 6) is -2.81. The minimum atomic E-state index is -1.22. The largest absolute Gasteiger partial charge is 0.466 e. The molecule has 5 atom stereocenters. The molecule has 0 spiro atoms. The Hall–Kier alpha value is -11.5. The van der Waals surface area contributed by atoms with Crippen LogP contribution in [0.1, 0.15) is 188 Å². The van der Waals surface area contributed by atoms with Crippen LogP contribution in [0.5, 0.6) is 0 Å². The molecule has 6 rings (SSSR count). The molecule has 4 aromatic carbocycles. The molecular formula is C74H101N15O21. The zero-order valence-electron chi connectivity index (χ0n) is 63.3. The Balaban J connectivity index is 0.000000415. The molecule has 0 radical (unpaired) electrons. The van der Waals surface area contributed by atoms with E-state index in [1.165, 1.54) is 0 Å². The van der Waals surface area contributed by atoms with E-state index in [1.54, 1.807) is 16.7 Å². The fourth-order valence-corrected chi connectivity index (χ4v) is 12.3. The number of esters is 2. The first-order chi connectivity index (χ1) is 52.8. The second-order valence-corrected chi connectivity index (χ2v) is 26.9. The van der Waals surface area contributed by atoms with E-state index in [-0.39, 0.29) is 145 Å². The minimum Gasteiger partial charge on any atom is -0.466 e. The standard InChI is InChI=1S/C41H57N9O14.C33H44N6O7/c1-4-5-18-38(53)47(27-30-19-21-31(22-20-30)34-15-6-7-16-35(34)40-43-45-46-44-40)39(29(2)3)36(51)26-32(13-8-10-23-42-37(52)17-12-25-62-48(55)56)41(54)61-24-11-9-14-33(64-50(59)60)28-63-49(57)58;1-5-6-14-30(41)38(22-25-15-17-26(18-16-25)27-12-7-8-13-28(27)33-34-36-37-35-33)32(23(2)3)29(40)19-20-31(42)45-21-10-9-11-24(4)46-39(43)44/h6-7,15-16,19-22,29,32-33,39H,4-5,8-14,17-18,23-28H2,1-3H3,(H,42,52)(H,43,44,45,46);7-8,12-13,15-18,23-24,32H,5-6,9-11,14,19-22H2,1-4H3,(H,34,35,36,37). The Kier molecular flexibility index (Phi) is 39.5. The molecule has 2 aromatic heterocycles. The number of aromatic nitrogens is 8. The van der Waals surface area contributed by atoms with Crippen LogP contribution in [-0.4, -0.2) is 170 Å². The van der Waals surface area contributed by atoms with E-state index in [1.807, 2.05) is 139 Å². The summed E-state index contributed by atoms with van der Waals surface area (Å²) in [5, 5.41) is 69.7. The van der Waals surface area contributed by atoms with E-state index >= 15 is 0 Å². The summed E-state index contributed by atoms with van der Waals surface area (Å²) in [6.07, 6.45) is 4.59. The van der Waals surface area contributed by atoms with E-state index in [0.717, 1.165) is 57.3 Å². The van der Waals surface area contributed by atoms with Gasteiger partial charge in [0.1, 0.15) is 18.8 Å². The maximum atomic E-state index is 14.4. The second kappa shape index (κ2) is 48.7. The lowest BCUT2D eigenvalue weighted by molar-refractivity contribution is -0.790. The molecule has 36 heteroatoms. The molecule has 36 nitrogen and oxygen atoms in total. The van der Waals surface area contributed by atoms with Gasteiger partial charge in [-0.25, -0.2) is 0 Å². The monoisotopic (exact) mass is 1540 g/mol. The number of rotatable bonds is 53. The van der Waals surface area contributed by atoms with Crippen LogP contribution in [0.4, 0.5) is 0 Å². The molecule has 0 saturated heterocycles. The van der Waals surface area contributed by atoms with E-state index in [4.69, 9.17) is 9.47 Å². The van der Waals surface area contributed by atoms with Crippen molar-refractivity contribution in [1.29, 1.82) is 0 Å². The van der Waals surface area contributed by atoms with Gasteiger partial charge >= 0.3 is 11.9 Å². The van der Waals surface area contributed by atoms with Gasteiger partial charge in [0.2, 0.25) is 29.4 Å². The zero-order valence-corrected chi connectivity index (χ0v) is 63.3. The molecule has 0 aliphatic rings. The maximum Gasteiger partial charge on any atom is 0.309 e. The van der Waals surface area contributed by atoms with Crippen molar-refractivity contribution in [2.45, 2.75) is 214 Å². The number of ether oxygens (including phenoxy) is 2.